The van der Waals surface area contributed by atoms with E-state index in [1.54, 1.807) is 0 Å². The van der Waals surface area contributed by atoms with Gasteiger partial charge in [0.05, 0.1) is 5.92 Å². The second kappa shape index (κ2) is 5.47. The third-order valence-corrected chi connectivity index (χ3v) is 5.51. The van der Waals surface area contributed by atoms with Crippen LogP contribution in [0.2, 0.25) is 0 Å². The summed E-state index contributed by atoms with van der Waals surface area (Å²) in [6.07, 6.45) is 3.61. The molecule has 1 saturated heterocycles. The van der Waals surface area contributed by atoms with Gasteiger partial charge in [0.25, 0.3) is 5.91 Å². The molecule has 0 unspecified atom stereocenters. The minimum Gasteiger partial charge on any atom is -0.383 e. The van der Waals surface area contributed by atoms with Crippen molar-refractivity contribution in [2.24, 2.45) is 0 Å². The fourth-order valence-corrected chi connectivity index (χ4v) is 3.74. The number of carbonyl (C=O) groups is 1. The molecule has 1 aromatic heterocycles. The Hall–Kier alpha value is -1.57. The van der Waals surface area contributed by atoms with E-state index in [4.69, 9.17) is 4.52 Å². The largest absolute Gasteiger partial charge is 0.383 e. The summed E-state index contributed by atoms with van der Waals surface area (Å²) < 4.78 is 34.3. The number of nitrogens with zero attached hydrogens (tertiary/aromatic N) is 3. The molecular formula is C16H21F2N3O3. The van der Waals surface area contributed by atoms with E-state index in [1.807, 2.05) is 0 Å². The Balaban J connectivity index is 1.44. The quantitative estimate of drug-likeness (QED) is 0.908. The molecule has 8 heteroatoms. The number of hydrogen-bond acceptors (Lipinski definition) is 5. The van der Waals surface area contributed by atoms with Crippen LogP contribution in [0.3, 0.4) is 0 Å². The number of carbonyl (C=O) groups excluding carboxylic acids is 1. The van der Waals surface area contributed by atoms with Crippen molar-refractivity contribution in [3.05, 3.63) is 11.7 Å². The first-order chi connectivity index (χ1) is 11.4. The molecule has 2 aliphatic carbocycles. The standard InChI is InChI=1S/C16H21F2N3O3/c17-16(18,15(23)6-1-2-7-15)14(22)21-8-5-11(9-21)13-19-12(20-24-13)10-3-4-10/h10-11,23H,1-9H2/t11-/m1/s1. The van der Waals surface area contributed by atoms with Crippen molar-refractivity contribution in [3.8, 4) is 0 Å². The molecule has 0 spiro atoms. The van der Waals surface area contributed by atoms with Gasteiger partial charge in [-0.05, 0) is 32.1 Å². The molecule has 1 aliphatic heterocycles. The van der Waals surface area contributed by atoms with Crippen molar-refractivity contribution in [3.63, 3.8) is 0 Å². The van der Waals surface area contributed by atoms with Crippen LogP contribution in [0.5, 0.6) is 0 Å². The zero-order valence-electron chi connectivity index (χ0n) is 13.4. The molecule has 1 atom stereocenters. The van der Waals surface area contributed by atoms with Gasteiger partial charge in [0.1, 0.15) is 5.60 Å². The molecule has 2 saturated carbocycles. The molecule has 1 aromatic rings. The molecule has 1 N–H and O–H groups in total. The number of halogens is 2. The van der Waals surface area contributed by atoms with Crippen LogP contribution in [-0.4, -0.2) is 50.7 Å². The monoisotopic (exact) mass is 341 g/mol. The predicted molar refractivity (Wildman–Crippen MR) is 78.6 cm³/mol. The topological polar surface area (TPSA) is 79.5 Å². The maximum atomic E-state index is 14.5. The molecule has 1 amide bonds. The summed E-state index contributed by atoms with van der Waals surface area (Å²) in [6, 6.07) is 0. The summed E-state index contributed by atoms with van der Waals surface area (Å²) in [5.74, 6) is -3.76. The highest BCUT2D eigenvalue weighted by Gasteiger charge is 2.60. The van der Waals surface area contributed by atoms with Gasteiger partial charge in [-0.2, -0.15) is 13.8 Å². The Bertz CT molecular complexity index is 638. The van der Waals surface area contributed by atoms with E-state index < -0.39 is 17.4 Å². The maximum Gasteiger partial charge on any atom is 0.352 e. The van der Waals surface area contributed by atoms with Gasteiger partial charge in [0.15, 0.2) is 5.82 Å². The van der Waals surface area contributed by atoms with Crippen LogP contribution in [0.15, 0.2) is 4.52 Å². The molecule has 0 bridgehead atoms. The number of amides is 1. The summed E-state index contributed by atoms with van der Waals surface area (Å²) in [5, 5.41) is 14.1. The summed E-state index contributed by atoms with van der Waals surface area (Å²) in [6.45, 7) is 0.354. The van der Waals surface area contributed by atoms with Gasteiger partial charge < -0.3 is 14.5 Å². The third kappa shape index (κ3) is 2.51. The summed E-state index contributed by atoms with van der Waals surface area (Å²) >= 11 is 0. The number of alkyl halides is 2. The van der Waals surface area contributed by atoms with Gasteiger partial charge >= 0.3 is 5.92 Å². The Morgan fingerprint density at radius 1 is 1.25 bits per heavy atom. The lowest BCUT2D eigenvalue weighted by Gasteiger charge is -2.33. The number of hydrogen-bond donors (Lipinski definition) is 1. The first kappa shape index (κ1) is 15.9. The molecule has 3 fully saturated rings. The van der Waals surface area contributed by atoms with E-state index in [9.17, 15) is 18.7 Å². The van der Waals surface area contributed by atoms with E-state index in [-0.39, 0.29) is 31.8 Å². The number of aliphatic hydroxyl groups is 1. The predicted octanol–water partition coefficient (Wildman–Crippen LogP) is 2.20. The van der Waals surface area contributed by atoms with Crippen LogP contribution in [0.1, 0.15) is 68.5 Å². The van der Waals surface area contributed by atoms with Gasteiger partial charge in [-0.15, -0.1) is 0 Å². The summed E-state index contributed by atoms with van der Waals surface area (Å²) in [4.78, 5) is 17.8. The highest BCUT2D eigenvalue weighted by molar-refractivity contribution is 5.85. The van der Waals surface area contributed by atoms with Crippen molar-refractivity contribution in [2.45, 2.75) is 68.3 Å². The number of rotatable bonds is 4. The average Bonchev–Trinajstić information content (AvgIpc) is 2.98. The van der Waals surface area contributed by atoms with Crippen molar-refractivity contribution in [2.75, 3.05) is 13.1 Å². The normalized spacial score (nSPS) is 27.0. The van der Waals surface area contributed by atoms with E-state index in [0.29, 0.717) is 36.9 Å². The SMILES string of the molecule is O=C(N1CC[C@@H](c2nc(C3CC3)no2)C1)C(F)(F)C1(O)CCCC1. The van der Waals surface area contributed by atoms with Crippen LogP contribution >= 0.6 is 0 Å². The molecule has 2 heterocycles. The van der Waals surface area contributed by atoms with Crippen LogP contribution in [-0.2, 0) is 4.79 Å². The summed E-state index contributed by atoms with van der Waals surface area (Å²) in [7, 11) is 0. The van der Waals surface area contributed by atoms with Gasteiger partial charge in [0.2, 0.25) is 5.89 Å². The Labute approximate surface area is 138 Å². The van der Waals surface area contributed by atoms with Crippen molar-refractivity contribution >= 4 is 5.91 Å². The number of likely N-dealkylation sites (tertiary alicyclic amines) is 1. The lowest BCUT2D eigenvalue weighted by Crippen LogP contribution is -2.56. The van der Waals surface area contributed by atoms with E-state index >= 15 is 0 Å². The smallest absolute Gasteiger partial charge is 0.352 e. The van der Waals surface area contributed by atoms with Gasteiger partial charge in [-0.1, -0.05) is 18.0 Å². The second-order valence-corrected chi connectivity index (χ2v) is 7.31. The zero-order valence-corrected chi connectivity index (χ0v) is 13.4. The zero-order chi connectivity index (χ0) is 16.9. The lowest BCUT2D eigenvalue weighted by atomic mass is 9.92. The highest BCUT2D eigenvalue weighted by Crippen LogP contribution is 2.44. The molecule has 132 valence electrons. The molecular weight excluding hydrogens is 320 g/mol. The lowest BCUT2D eigenvalue weighted by molar-refractivity contribution is -0.199. The fraction of sp³-hybridized carbons (Fsp3) is 0.812. The molecule has 4 rings (SSSR count). The number of aromatic nitrogens is 2. The Morgan fingerprint density at radius 3 is 2.62 bits per heavy atom. The molecule has 3 aliphatic rings. The Kier molecular flexibility index (Phi) is 3.63. The van der Waals surface area contributed by atoms with Crippen LogP contribution in [0.4, 0.5) is 8.78 Å². The second-order valence-electron chi connectivity index (χ2n) is 7.31. The average molecular weight is 341 g/mol. The maximum absolute atomic E-state index is 14.5. The van der Waals surface area contributed by atoms with E-state index in [2.05, 4.69) is 10.1 Å². The van der Waals surface area contributed by atoms with Crippen molar-refractivity contribution in [1.82, 2.24) is 15.0 Å². The van der Waals surface area contributed by atoms with Crippen molar-refractivity contribution in [1.29, 1.82) is 0 Å². The van der Waals surface area contributed by atoms with Gasteiger partial charge in [-0.3, -0.25) is 4.79 Å². The third-order valence-electron chi connectivity index (χ3n) is 5.51. The minimum absolute atomic E-state index is 0.0303. The fourth-order valence-electron chi connectivity index (χ4n) is 3.74. The molecule has 0 radical (unpaired) electrons. The molecule has 24 heavy (non-hydrogen) atoms. The molecule has 6 nitrogen and oxygen atoms in total. The molecule has 0 aromatic carbocycles. The first-order valence-electron chi connectivity index (χ1n) is 8.64. The van der Waals surface area contributed by atoms with Crippen LogP contribution in [0, 0.1) is 0 Å². The minimum atomic E-state index is -3.74. The first-order valence-corrected chi connectivity index (χ1v) is 8.64. The van der Waals surface area contributed by atoms with Crippen LogP contribution < -0.4 is 0 Å². The highest BCUT2D eigenvalue weighted by atomic mass is 19.3. The summed E-state index contributed by atoms with van der Waals surface area (Å²) in [5.41, 5.74) is -2.20. The Morgan fingerprint density at radius 2 is 1.96 bits per heavy atom. The van der Waals surface area contributed by atoms with Crippen molar-refractivity contribution < 1.29 is 23.2 Å². The van der Waals surface area contributed by atoms with E-state index in [0.717, 1.165) is 17.7 Å². The van der Waals surface area contributed by atoms with Crippen LogP contribution in [0.25, 0.3) is 0 Å². The van der Waals surface area contributed by atoms with Gasteiger partial charge in [-0.25, -0.2) is 0 Å². The van der Waals surface area contributed by atoms with Gasteiger partial charge in [0, 0.05) is 19.0 Å². The van der Waals surface area contributed by atoms with E-state index in [1.165, 1.54) is 0 Å².